The molecule has 1 atom stereocenters. The third-order valence-corrected chi connectivity index (χ3v) is 6.36. The van der Waals surface area contributed by atoms with Crippen LogP contribution in [0.2, 0.25) is 0 Å². The topological polar surface area (TPSA) is 87.7 Å². The molecule has 2 fully saturated rings. The van der Waals surface area contributed by atoms with Gasteiger partial charge in [-0.3, -0.25) is 14.5 Å². The van der Waals surface area contributed by atoms with Gasteiger partial charge in [0.2, 0.25) is 22.1 Å². The van der Waals surface area contributed by atoms with Crippen molar-refractivity contribution in [2.24, 2.45) is 0 Å². The van der Waals surface area contributed by atoms with Crippen LogP contribution in [0.3, 0.4) is 0 Å². The largest absolute Gasteiger partial charge is 0.494 e. The Morgan fingerprint density at radius 1 is 1.20 bits per heavy atom. The summed E-state index contributed by atoms with van der Waals surface area (Å²) in [4.78, 5) is 28.5. The van der Waals surface area contributed by atoms with Gasteiger partial charge in [0.15, 0.2) is 0 Å². The van der Waals surface area contributed by atoms with E-state index < -0.39 is 0 Å². The number of aromatic nitrogens is 2. The van der Waals surface area contributed by atoms with Gasteiger partial charge in [-0.25, -0.2) is 0 Å². The van der Waals surface area contributed by atoms with Gasteiger partial charge < -0.3 is 15.0 Å². The van der Waals surface area contributed by atoms with Crippen LogP contribution in [0.25, 0.3) is 0 Å². The number of nitrogens with zero attached hydrogens (tertiary/aromatic N) is 4. The highest BCUT2D eigenvalue weighted by atomic mass is 32.1. The molecule has 8 nitrogen and oxygen atoms in total. The number of ether oxygens (including phenoxy) is 1. The molecule has 9 heteroatoms. The van der Waals surface area contributed by atoms with E-state index in [-0.39, 0.29) is 17.9 Å². The third kappa shape index (κ3) is 4.56. The van der Waals surface area contributed by atoms with Gasteiger partial charge in [-0.05, 0) is 43.4 Å². The molecule has 0 radical (unpaired) electrons. The maximum Gasteiger partial charge on any atom is 0.243 e. The summed E-state index contributed by atoms with van der Waals surface area (Å²) < 4.78 is 5.60. The lowest BCUT2D eigenvalue weighted by Gasteiger charge is -2.22. The lowest BCUT2D eigenvalue weighted by atomic mass is 10.2. The molecule has 0 unspecified atom stereocenters. The molecule has 1 aromatic carbocycles. The Balaban J connectivity index is 1.34. The maximum atomic E-state index is 12.8. The van der Waals surface area contributed by atoms with E-state index in [0.717, 1.165) is 43.5 Å². The standard InChI is InChI=1S/C21H27N5O3S/c1-2-13-29-16-9-7-15(8-10-16)14-22-19(28)17-5-3-11-25(17)20-23-24-21(30-20)26-12-4-6-18(26)27/h7-10,17H,2-6,11-14H2,1H3,(H,22,28)/t17-/m0/s1. The van der Waals surface area contributed by atoms with Crippen LogP contribution in [0.15, 0.2) is 24.3 Å². The van der Waals surface area contributed by atoms with Crippen molar-refractivity contribution in [3.05, 3.63) is 29.8 Å². The monoisotopic (exact) mass is 429 g/mol. The second-order valence-corrected chi connectivity index (χ2v) is 8.51. The minimum atomic E-state index is -0.257. The van der Waals surface area contributed by atoms with Crippen molar-refractivity contribution in [3.63, 3.8) is 0 Å². The number of benzene rings is 1. The van der Waals surface area contributed by atoms with Gasteiger partial charge in [0.05, 0.1) is 6.61 Å². The van der Waals surface area contributed by atoms with Gasteiger partial charge in [-0.2, -0.15) is 0 Å². The lowest BCUT2D eigenvalue weighted by molar-refractivity contribution is -0.122. The zero-order valence-corrected chi connectivity index (χ0v) is 18.0. The molecular weight excluding hydrogens is 402 g/mol. The van der Waals surface area contributed by atoms with Crippen LogP contribution in [0.5, 0.6) is 5.75 Å². The average molecular weight is 430 g/mol. The molecule has 1 aromatic heterocycles. The Morgan fingerprint density at radius 2 is 2.00 bits per heavy atom. The Labute approximate surface area is 180 Å². The minimum absolute atomic E-state index is 0.00666. The van der Waals surface area contributed by atoms with Gasteiger partial charge in [0.1, 0.15) is 11.8 Å². The summed E-state index contributed by atoms with van der Waals surface area (Å²) >= 11 is 1.39. The van der Waals surface area contributed by atoms with Crippen LogP contribution in [-0.2, 0) is 16.1 Å². The smallest absolute Gasteiger partial charge is 0.243 e. The summed E-state index contributed by atoms with van der Waals surface area (Å²) in [6.45, 7) is 4.71. The summed E-state index contributed by atoms with van der Waals surface area (Å²) in [6, 6.07) is 7.55. The van der Waals surface area contributed by atoms with Crippen molar-refractivity contribution in [1.82, 2.24) is 15.5 Å². The molecule has 2 aliphatic rings. The summed E-state index contributed by atoms with van der Waals surface area (Å²) in [5.74, 6) is 0.935. The highest BCUT2D eigenvalue weighted by Crippen LogP contribution is 2.33. The highest BCUT2D eigenvalue weighted by Gasteiger charge is 2.34. The molecule has 3 heterocycles. The Morgan fingerprint density at radius 3 is 2.73 bits per heavy atom. The number of hydrogen-bond acceptors (Lipinski definition) is 7. The Kier molecular flexibility index (Phi) is 6.47. The van der Waals surface area contributed by atoms with Gasteiger partial charge >= 0.3 is 0 Å². The fourth-order valence-electron chi connectivity index (χ4n) is 3.78. The Hall–Kier alpha value is -2.68. The number of carbonyl (C=O) groups excluding carboxylic acids is 2. The summed E-state index contributed by atoms with van der Waals surface area (Å²) in [6.07, 6.45) is 4.11. The fraction of sp³-hybridized carbons (Fsp3) is 0.524. The molecule has 0 spiro atoms. The molecule has 2 amide bonds. The molecule has 1 N–H and O–H groups in total. The first-order valence-corrected chi connectivity index (χ1v) is 11.4. The van der Waals surface area contributed by atoms with Crippen molar-refractivity contribution >= 4 is 33.4 Å². The molecule has 30 heavy (non-hydrogen) atoms. The van der Waals surface area contributed by atoms with Crippen molar-refractivity contribution in [2.45, 2.75) is 51.6 Å². The minimum Gasteiger partial charge on any atom is -0.494 e. The van der Waals surface area contributed by atoms with Crippen molar-refractivity contribution in [2.75, 3.05) is 29.5 Å². The number of hydrogen-bond donors (Lipinski definition) is 1. The molecule has 2 aliphatic heterocycles. The molecule has 2 saturated heterocycles. The molecule has 0 bridgehead atoms. The van der Waals surface area contributed by atoms with E-state index in [1.807, 2.05) is 29.2 Å². The second-order valence-electron chi connectivity index (χ2n) is 7.58. The third-order valence-electron chi connectivity index (χ3n) is 5.37. The predicted octanol–water partition coefficient (Wildman–Crippen LogP) is 2.74. The van der Waals surface area contributed by atoms with E-state index in [2.05, 4.69) is 22.4 Å². The van der Waals surface area contributed by atoms with Crippen LogP contribution < -0.4 is 19.9 Å². The molecule has 0 saturated carbocycles. The van der Waals surface area contributed by atoms with Crippen LogP contribution in [0.4, 0.5) is 10.3 Å². The van der Waals surface area contributed by atoms with E-state index in [4.69, 9.17) is 4.74 Å². The van der Waals surface area contributed by atoms with Crippen molar-refractivity contribution in [3.8, 4) is 5.75 Å². The van der Waals surface area contributed by atoms with Gasteiger partial charge in [-0.1, -0.05) is 30.4 Å². The zero-order valence-electron chi connectivity index (χ0n) is 17.2. The number of carbonyl (C=O) groups is 2. The summed E-state index contributed by atoms with van der Waals surface area (Å²) in [5, 5.41) is 12.8. The van der Waals surface area contributed by atoms with E-state index in [0.29, 0.717) is 36.4 Å². The van der Waals surface area contributed by atoms with E-state index in [1.165, 1.54) is 11.3 Å². The second kappa shape index (κ2) is 9.42. The van der Waals surface area contributed by atoms with E-state index >= 15 is 0 Å². The first kappa shape index (κ1) is 20.6. The first-order chi connectivity index (χ1) is 14.7. The average Bonchev–Trinajstić information content (AvgIpc) is 3.51. The van der Waals surface area contributed by atoms with E-state index in [9.17, 15) is 9.59 Å². The molecule has 160 valence electrons. The quantitative estimate of drug-likeness (QED) is 0.694. The first-order valence-electron chi connectivity index (χ1n) is 10.6. The Bertz CT molecular complexity index is 885. The summed E-state index contributed by atoms with van der Waals surface area (Å²) in [7, 11) is 0. The fourth-order valence-corrected chi connectivity index (χ4v) is 4.75. The van der Waals surface area contributed by atoms with Crippen molar-refractivity contribution in [1.29, 1.82) is 0 Å². The highest BCUT2D eigenvalue weighted by molar-refractivity contribution is 7.19. The SMILES string of the molecule is CCCOc1ccc(CNC(=O)[C@@H]2CCCN2c2nnc(N3CCCC3=O)s2)cc1. The molecular formula is C21H27N5O3S. The van der Waals surface area contributed by atoms with Gasteiger partial charge in [-0.15, -0.1) is 10.2 Å². The predicted molar refractivity (Wildman–Crippen MR) is 116 cm³/mol. The number of amides is 2. The lowest BCUT2D eigenvalue weighted by Crippen LogP contribution is -2.43. The summed E-state index contributed by atoms with van der Waals surface area (Å²) in [5.41, 5.74) is 1.03. The van der Waals surface area contributed by atoms with Crippen LogP contribution in [0, 0.1) is 0 Å². The van der Waals surface area contributed by atoms with Crippen LogP contribution in [-0.4, -0.2) is 47.7 Å². The normalized spacial score (nSPS) is 18.8. The number of rotatable bonds is 8. The van der Waals surface area contributed by atoms with Crippen LogP contribution >= 0.6 is 11.3 Å². The maximum absolute atomic E-state index is 12.8. The number of nitrogens with one attached hydrogen (secondary N) is 1. The van der Waals surface area contributed by atoms with Gasteiger partial charge in [0, 0.05) is 26.1 Å². The van der Waals surface area contributed by atoms with Gasteiger partial charge in [0.25, 0.3) is 0 Å². The molecule has 4 rings (SSSR count). The zero-order chi connectivity index (χ0) is 20.9. The van der Waals surface area contributed by atoms with Crippen molar-refractivity contribution < 1.29 is 14.3 Å². The molecule has 0 aliphatic carbocycles. The number of anilines is 2. The molecule has 2 aromatic rings. The van der Waals surface area contributed by atoms with Crippen LogP contribution in [0.1, 0.15) is 44.6 Å². The van der Waals surface area contributed by atoms with E-state index in [1.54, 1.807) is 4.90 Å².